The smallest absolute Gasteiger partial charge is 0.289 e. The Balaban J connectivity index is 1.64. The highest BCUT2D eigenvalue weighted by molar-refractivity contribution is 5.94. The minimum absolute atomic E-state index is 0.141. The quantitative estimate of drug-likeness (QED) is 0.866. The summed E-state index contributed by atoms with van der Waals surface area (Å²) in [4.78, 5) is 37.3. The maximum absolute atomic E-state index is 12.9. The lowest BCUT2D eigenvalue weighted by Gasteiger charge is -2.34. The summed E-state index contributed by atoms with van der Waals surface area (Å²) in [7, 11) is 0. The number of nitrogens with one attached hydrogen (secondary N) is 1. The first-order valence-corrected chi connectivity index (χ1v) is 9.22. The van der Waals surface area contributed by atoms with E-state index in [4.69, 9.17) is 4.42 Å². The Morgan fingerprint density at radius 1 is 1.19 bits per heavy atom. The van der Waals surface area contributed by atoms with Crippen molar-refractivity contribution in [1.82, 2.24) is 19.8 Å². The van der Waals surface area contributed by atoms with Crippen molar-refractivity contribution in [3.8, 4) is 0 Å². The summed E-state index contributed by atoms with van der Waals surface area (Å²) in [5, 5.41) is 3.21. The Morgan fingerprint density at radius 3 is 2.44 bits per heavy atom. The lowest BCUT2D eigenvalue weighted by Crippen LogP contribution is -2.50. The zero-order valence-corrected chi connectivity index (χ0v) is 15.9. The monoisotopic (exact) mass is 371 g/mol. The predicted molar refractivity (Wildman–Crippen MR) is 101 cm³/mol. The van der Waals surface area contributed by atoms with Crippen LogP contribution in [-0.4, -0.2) is 63.8 Å². The number of anilines is 1. The number of piperazine rings is 1. The van der Waals surface area contributed by atoms with Crippen molar-refractivity contribution in [3.05, 3.63) is 41.6 Å². The van der Waals surface area contributed by atoms with Gasteiger partial charge in [0.15, 0.2) is 5.76 Å². The Labute approximate surface area is 158 Å². The van der Waals surface area contributed by atoms with E-state index >= 15 is 0 Å². The van der Waals surface area contributed by atoms with Crippen LogP contribution in [0.1, 0.15) is 47.0 Å². The van der Waals surface area contributed by atoms with Crippen molar-refractivity contribution in [2.45, 2.75) is 33.2 Å². The van der Waals surface area contributed by atoms with Gasteiger partial charge >= 0.3 is 0 Å². The van der Waals surface area contributed by atoms with Crippen molar-refractivity contribution in [1.29, 1.82) is 0 Å². The molecule has 0 radical (unpaired) electrons. The fraction of sp³-hybridized carbons (Fsp3) is 0.474. The number of furan rings is 1. The highest BCUT2D eigenvalue weighted by Crippen LogP contribution is 2.13. The molecule has 1 N–H and O–H groups in total. The van der Waals surface area contributed by atoms with Crippen LogP contribution in [0, 0.1) is 6.92 Å². The van der Waals surface area contributed by atoms with Crippen molar-refractivity contribution < 1.29 is 14.0 Å². The normalized spacial score (nSPS) is 15.5. The molecule has 0 bridgehead atoms. The zero-order valence-electron chi connectivity index (χ0n) is 15.9. The molecule has 8 nitrogen and oxygen atoms in total. The van der Waals surface area contributed by atoms with Gasteiger partial charge in [0.25, 0.3) is 11.8 Å². The minimum atomic E-state index is -0.148. The van der Waals surface area contributed by atoms with Crippen LogP contribution in [0.5, 0.6) is 0 Å². The van der Waals surface area contributed by atoms with E-state index in [9.17, 15) is 9.59 Å². The number of rotatable bonds is 5. The Kier molecular flexibility index (Phi) is 5.73. The molecule has 0 aliphatic carbocycles. The zero-order chi connectivity index (χ0) is 19.4. The third-order valence-electron chi connectivity index (χ3n) is 4.65. The molecule has 144 valence electrons. The van der Waals surface area contributed by atoms with Gasteiger partial charge in [0.1, 0.15) is 5.69 Å². The summed E-state index contributed by atoms with van der Waals surface area (Å²) in [6, 6.07) is 5.26. The van der Waals surface area contributed by atoms with Crippen LogP contribution in [0.25, 0.3) is 0 Å². The van der Waals surface area contributed by atoms with Gasteiger partial charge in [0.05, 0.1) is 6.26 Å². The molecule has 2 amide bonds. The molecular formula is C19H25N5O3. The second kappa shape index (κ2) is 8.20. The molecular weight excluding hydrogens is 346 g/mol. The first-order chi connectivity index (χ1) is 13.0. The van der Waals surface area contributed by atoms with Crippen LogP contribution in [0.4, 0.5) is 5.95 Å². The van der Waals surface area contributed by atoms with Gasteiger partial charge in [0.2, 0.25) is 5.95 Å². The SMILES string of the molecule is CCC(C)Nc1nc(C)cc(C(=O)N2CCN(C(=O)c3ccco3)CC2)n1. The van der Waals surface area contributed by atoms with E-state index in [1.165, 1.54) is 6.26 Å². The number of carbonyl (C=O) groups is 2. The molecule has 2 aromatic heterocycles. The van der Waals surface area contributed by atoms with Crippen molar-refractivity contribution in [2.75, 3.05) is 31.5 Å². The average molecular weight is 371 g/mol. The average Bonchev–Trinajstić information content (AvgIpc) is 3.21. The molecule has 27 heavy (non-hydrogen) atoms. The third-order valence-corrected chi connectivity index (χ3v) is 4.65. The molecule has 1 saturated heterocycles. The lowest BCUT2D eigenvalue weighted by atomic mass is 10.2. The van der Waals surface area contributed by atoms with Crippen molar-refractivity contribution in [3.63, 3.8) is 0 Å². The molecule has 0 aromatic carbocycles. The van der Waals surface area contributed by atoms with E-state index in [-0.39, 0.29) is 17.9 Å². The summed E-state index contributed by atoms with van der Waals surface area (Å²) in [6.07, 6.45) is 2.42. The van der Waals surface area contributed by atoms with Gasteiger partial charge < -0.3 is 19.5 Å². The molecule has 1 aliphatic rings. The van der Waals surface area contributed by atoms with E-state index in [1.54, 1.807) is 28.0 Å². The maximum atomic E-state index is 12.9. The van der Waals surface area contributed by atoms with Crippen LogP contribution in [0.15, 0.2) is 28.9 Å². The second-order valence-corrected chi connectivity index (χ2v) is 6.73. The van der Waals surface area contributed by atoms with Gasteiger partial charge in [-0.2, -0.15) is 0 Å². The molecule has 0 spiro atoms. The molecule has 1 fully saturated rings. The summed E-state index contributed by atoms with van der Waals surface area (Å²) >= 11 is 0. The molecule has 0 saturated carbocycles. The maximum Gasteiger partial charge on any atom is 0.289 e. The number of hydrogen-bond donors (Lipinski definition) is 1. The van der Waals surface area contributed by atoms with Crippen molar-refractivity contribution in [2.24, 2.45) is 0 Å². The Hall–Kier alpha value is -2.90. The van der Waals surface area contributed by atoms with Crippen LogP contribution >= 0.6 is 0 Å². The molecule has 1 unspecified atom stereocenters. The summed E-state index contributed by atoms with van der Waals surface area (Å²) in [6.45, 7) is 7.82. The number of aromatic nitrogens is 2. The van der Waals surface area contributed by atoms with Crippen LogP contribution in [-0.2, 0) is 0 Å². The van der Waals surface area contributed by atoms with Crippen LogP contribution in [0.3, 0.4) is 0 Å². The first kappa shape index (κ1) is 18.9. The Bertz CT molecular complexity index is 798. The number of amides is 2. The predicted octanol–water partition coefficient (Wildman–Crippen LogP) is 2.19. The second-order valence-electron chi connectivity index (χ2n) is 6.73. The van der Waals surface area contributed by atoms with Crippen LogP contribution < -0.4 is 5.32 Å². The van der Waals surface area contributed by atoms with Gasteiger partial charge in [0, 0.05) is 37.9 Å². The van der Waals surface area contributed by atoms with E-state index < -0.39 is 0 Å². The lowest BCUT2D eigenvalue weighted by molar-refractivity contribution is 0.0515. The summed E-state index contributed by atoms with van der Waals surface area (Å²) in [5.74, 6) is 0.504. The van der Waals surface area contributed by atoms with Crippen LogP contribution in [0.2, 0.25) is 0 Å². The fourth-order valence-corrected chi connectivity index (χ4v) is 2.90. The van der Waals surface area contributed by atoms with Gasteiger partial charge in [-0.1, -0.05) is 6.92 Å². The molecule has 8 heteroatoms. The van der Waals surface area contributed by atoms with Gasteiger partial charge in [-0.05, 0) is 38.5 Å². The van der Waals surface area contributed by atoms with Gasteiger partial charge in [-0.3, -0.25) is 9.59 Å². The van der Waals surface area contributed by atoms with E-state index in [2.05, 4.69) is 22.2 Å². The molecule has 3 heterocycles. The highest BCUT2D eigenvalue weighted by atomic mass is 16.3. The molecule has 2 aromatic rings. The standard InChI is InChI=1S/C19H25N5O3/c1-4-13(2)20-19-21-14(3)12-15(22-19)17(25)23-7-9-24(10-8-23)18(26)16-6-5-11-27-16/h5-6,11-13H,4,7-10H2,1-3H3,(H,20,21,22). The Morgan fingerprint density at radius 2 is 1.85 bits per heavy atom. The summed E-state index contributed by atoms with van der Waals surface area (Å²) in [5.41, 5.74) is 1.12. The van der Waals surface area contributed by atoms with Gasteiger partial charge in [-0.25, -0.2) is 9.97 Å². The number of nitrogens with zero attached hydrogens (tertiary/aromatic N) is 4. The largest absolute Gasteiger partial charge is 0.459 e. The highest BCUT2D eigenvalue weighted by Gasteiger charge is 2.27. The number of carbonyl (C=O) groups excluding carboxylic acids is 2. The number of hydrogen-bond acceptors (Lipinski definition) is 6. The van der Waals surface area contributed by atoms with E-state index in [1.807, 2.05) is 13.8 Å². The third kappa shape index (κ3) is 4.45. The van der Waals surface area contributed by atoms with Crippen molar-refractivity contribution >= 4 is 17.8 Å². The summed E-state index contributed by atoms with van der Waals surface area (Å²) < 4.78 is 5.16. The molecule has 1 atom stereocenters. The minimum Gasteiger partial charge on any atom is -0.459 e. The molecule has 3 rings (SSSR count). The van der Waals surface area contributed by atoms with Gasteiger partial charge in [-0.15, -0.1) is 0 Å². The van der Waals surface area contributed by atoms with E-state index in [0.717, 1.165) is 12.1 Å². The number of aryl methyl sites for hydroxylation is 1. The van der Waals surface area contributed by atoms with E-state index in [0.29, 0.717) is 43.6 Å². The first-order valence-electron chi connectivity index (χ1n) is 9.22. The fourth-order valence-electron chi connectivity index (χ4n) is 2.90. The molecule has 1 aliphatic heterocycles. The topological polar surface area (TPSA) is 91.6 Å².